The number of anilines is 4. The molecule has 12 nitrogen and oxygen atoms in total. The van der Waals surface area contributed by atoms with Crippen molar-refractivity contribution >= 4 is 44.3 Å². The maximum Gasteiger partial charge on any atom is 0.490 e. The van der Waals surface area contributed by atoms with Crippen molar-refractivity contribution in [3.8, 4) is 6.07 Å². The number of nitrogens with zero attached hydrogens (tertiary/aromatic N) is 5. The highest BCUT2D eigenvalue weighted by molar-refractivity contribution is 7.89. The van der Waals surface area contributed by atoms with Gasteiger partial charge in [-0.2, -0.15) is 22.9 Å². The first-order valence-corrected chi connectivity index (χ1v) is 13.6. The van der Waals surface area contributed by atoms with Crippen LogP contribution in [0.1, 0.15) is 24.1 Å². The number of nitrogens with one attached hydrogen (secondary N) is 2. The number of carbonyl (C=O) groups is 1. The molecule has 39 heavy (non-hydrogen) atoms. The van der Waals surface area contributed by atoms with Crippen molar-refractivity contribution in [3.63, 3.8) is 0 Å². The molecule has 1 aromatic carbocycles. The molecule has 2 aromatic heterocycles. The van der Waals surface area contributed by atoms with Crippen LogP contribution in [0.25, 0.3) is 5.65 Å². The van der Waals surface area contributed by atoms with Crippen LogP contribution in [0.2, 0.25) is 0 Å². The minimum atomic E-state index is -5.08. The summed E-state index contributed by atoms with van der Waals surface area (Å²) in [6.45, 7) is 1.07. The second-order valence-electron chi connectivity index (χ2n) is 8.90. The van der Waals surface area contributed by atoms with Gasteiger partial charge in [0.1, 0.15) is 6.07 Å². The average molecular weight is 569 g/mol. The lowest BCUT2D eigenvalue weighted by atomic mass is 10.1. The fraction of sp³-hybridized carbons (Fsp3) is 0.391. The molecule has 210 valence electrons. The number of hydrogen-bond acceptors (Lipinski definition) is 10. The van der Waals surface area contributed by atoms with E-state index in [1.807, 2.05) is 36.2 Å². The van der Waals surface area contributed by atoms with Gasteiger partial charge in [-0.3, -0.25) is 0 Å². The summed E-state index contributed by atoms with van der Waals surface area (Å²) in [5.74, 6) is -2.33. The van der Waals surface area contributed by atoms with E-state index < -0.39 is 22.0 Å². The van der Waals surface area contributed by atoms with Crippen molar-refractivity contribution in [3.05, 3.63) is 41.7 Å². The Hall–Kier alpha value is -4.10. The molecule has 1 aliphatic carbocycles. The number of aromatic nitrogens is 3. The van der Waals surface area contributed by atoms with Gasteiger partial charge in [0.2, 0.25) is 0 Å². The molecule has 2 heterocycles. The van der Waals surface area contributed by atoms with Crippen molar-refractivity contribution in [2.75, 3.05) is 41.9 Å². The molecular weight excluding hydrogens is 541 g/mol. The van der Waals surface area contributed by atoms with E-state index in [-0.39, 0.29) is 5.75 Å². The van der Waals surface area contributed by atoms with Gasteiger partial charge in [0.05, 0.1) is 17.6 Å². The first-order chi connectivity index (χ1) is 18.2. The third-order valence-corrected chi connectivity index (χ3v) is 6.24. The highest BCUT2D eigenvalue weighted by Crippen LogP contribution is 2.31. The van der Waals surface area contributed by atoms with E-state index in [4.69, 9.17) is 15.6 Å². The van der Waals surface area contributed by atoms with Crippen molar-refractivity contribution in [1.29, 1.82) is 5.26 Å². The predicted molar refractivity (Wildman–Crippen MR) is 139 cm³/mol. The van der Waals surface area contributed by atoms with Gasteiger partial charge in [-0.15, -0.1) is 5.10 Å². The Kier molecular flexibility index (Phi) is 8.87. The van der Waals surface area contributed by atoms with Crippen LogP contribution in [-0.2, 0) is 20.4 Å². The Bertz CT molecular complexity index is 1500. The number of alkyl halides is 3. The van der Waals surface area contributed by atoms with Crippen LogP contribution in [0.4, 0.5) is 36.1 Å². The summed E-state index contributed by atoms with van der Waals surface area (Å²) in [6, 6.07) is 9.91. The van der Waals surface area contributed by atoms with Crippen LogP contribution in [0.5, 0.6) is 0 Å². The Morgan fingerprint density at radius 1 is 1.33 bits per heavy atom. The molecule has 16 heteroatoms. The third-order valence-electron chi connectivity index (χ3n) is 5.41. The first kappa shape index (κ1) is 29.5. The second-order valence-corrected chi connectivity index (χ2v) is 11.0. The molecule has 0 bridgehead atoms. The monoisotopic (exact) mass is 568 g/mol. The smallest absolute Gasteiger partial charge is 0.475 e. The molecule has 0 atom stereocenters. The van der Waals surface area contributed by atoms with E-state index in [1.165, 1.54) is 17.0 Å². The molecule has 1 aliphatic rings. The van der Waals surface area contributed by atoms with Crippen LogP contribution >= 0.6 is 0 Å². The molecule has 1 saturated carbocycles. The summed E-state index contributed by atoms with van der Waals surface area (Å²) < 4.78 is 57.3. The van der Waals surface area contributed by atoms with Gasteiger partial charge in [-0.1, -0.05) is 0 Å². The number of aliphatic carboxylic acids is 1. The maximum atomic E-state index is 12.0. The van der Waals surface area contributed by atoms with E-state index >= 15 is 0 Å². The number of carboxylic acid groups (broad SMARTS) is 1. The number of rotatable bonds is 9. The van der Waals surface area contributed by atoms with Gasteiger partial charge in [-0.25, -0.2) is 18.2 Å². The van der Waals surface area contributed by atoms with Crippen LogP contribution in [0, 0.1) is 11.3 Å². The van der Waals surface area contributed by atoms with E-state index in [2.05, 4.69) is 26.8 Å². The fourth-order valence-electron chi connectivity index (χ4n) is 3.56. The van der Waals surface area contributed by atoms with Gasteiger partial charge in [0.25, 0.3) is 0 Å². The molecule has 5 N–H and O–H groups in total. The zero-order valence-electron chi connectivity index (χ0n) is 21.0. The third kappa shape index (κ3) is 8.19. The molecule has 1 fully saturated rings. The lowest BCUT2D eigenvalue weighted by Crippen LogP contribution is -2.26. The molecule has 0 radical (unpaired) electrons. The topological polar surface area (TPSA) is 179 Å². The van der Waals surface area contributed by atoms with Crippen molar-refractivity contribution in [2.24, 2.45) is 5.73 Å². The minimum absolute atomic E-state index is 0.0895. The number of nitriles is 1. The highest BCUT2D eigenvalue weighted by Gasteiger charge is 2.38. The number of carboxylic acids is 1. The molecule has 0 unspecified atom stereocenters. The van der Waals surface area contributed by atoms with E-state index in [0.717, 1.165) is 24.2 Å². The second kappa shape index (κ2) is 11.7. The zero-order chi connectivity index (χ0) is 29.0. The summed E-state index contributed by atoms with van der Waals surface area (Å²) in [5, 5.41) is 27.7. The van der Waals surface area contributed by atoms with Crippen molar-refractivity contribution < 1.29 is 31.5 Å². The normalized spacial score (nSPS) is 13.3. The lowest BCUT2D eigenvalue weighted by molar-refractivity contribution is -0.192. The number of sulfone groups is 1. The number of imidazole rings is 1. The van der Waals surface area contributed by atoms with Gasteiger partial charge in [0.15, 0.2) is 27.0 Å². The van der Waals surface area contributed by atoms with E-state index in [1.54, 1.807) is 0 Å². The molecule has 4 rings (SSSR count). The van der Waals surface area contributed by atoms with Crippen LogP contribution in [0.15, 0.2) is 30.5 Å². The van der Waals surface area contributed by atoms with Crippen LogP contribution in [0.3, 0.4) is 0 Å². The number of nitrogens with two attached hydrogens (primary N) is 1. The Morgan fingerprint density at radius 2 is 2.00 bits per heavy atom. The zero-order valence-corrected chi connectivity index (χ0v) is 21.8. The number of hydrogen-bond donors (Lipinski definition) is 4. The highest BCUT2D eigenvalue weighted by atomic mass is 32.2. The first-order valence-electron chi connectivity index (χ1n) is 11.6. The average Bonchev–Trinajstić information content (AvgIpc) is 3.54. The molecule has 3 aromatic rings. The maximum absolute atomic E-state index is 12.0. The molecule has 0 amide bonds. The van der Waals surface area contributed by atoms with Crippen molar-refractivity contribution in [1.82, 2.24) is 14.6 Å². The number of halogens is 3. The quantitative estimate of drug-likeness (QED) is 0.298. The van der Waals surface area contributed by atoms with Crippen LogP contribution < -0.4 is 21.3 Å². The van der Waals surface area contributed by atoms with Gasteiger partial charge in [0, 0.05) is 49.9 Å². The van der Waals surface area contributed by atoms with Gasteiger partial charge in [-0.05, 0) is 36.6 Å². The summed E-state index contributed by atoms with van der Waals surface area (Å²) in [6.07, 6.45) is -0.185. The SMILES string of the molecule is CN(CCN)c1ccc(Nc2cc(NC3CC3)c3ncc(C#N)n3n2)cc1CS(C)(=O)=O.O=C(O)C(F)(F)F. The summed E-state index contributed by atoms with van der Waals surface area (Å²) in [7, 11) is -1.36. The standard InChI is InChI=1S/C21H26N8O2S.C2HF3O2/c1-28(8-7-22)19-6-5-16(9-14(19)13-32(2,30)31)26-20-10-18(25-15-3-4-15)21-24-12-17(11-23)29(21)27-20;3-2(4,5)1(6)7/h5-6,9-10,12,15,25H,3-4,7-8,13,22H2,1-2H3,(H,26,27);(H,6,7). The van der Waals surface area contributed by atoms with Gasteiger partial charge < -0.3 is 26.4 Å². The number of fused-ring (bicyclic) bond motifs is 1. The number of likely N-dealkylation sites (N-methyl/N-ethyl adjacent to an activating group) is 1. The lowest BCUT2D eigenvalue weighted by Gasteiger charge is -2.22. The Labute approximate surface area is 222 Å². The summed E-state index contributed by atoms with van der Waals surface area (Å²) >= 11 is 0. The fourth-order valence-corrected chi connectivity index (χ4v) is 4.35. The van der Waals surface area contributed by atoms with E-state index in [9.17, 15) is 26.9 Å². The summed E-state index contributed by atoms with van der Waals surface area (Å²) in [5.41, 5.74) is 9.57. The Balaban J connectivity index is 0.000000532. The predicted octanol–water partition coefficient (Wildman–Crippen LogP) is 2.49. The largest absolute Gasteiger partial charge is 0.490 e. The minimum Gasteiger partial charge on any atom is -0.475 e. The van der Waals surface area contributed by atoms with Gasteiger partial charge >= 0.3 is 12.1 Å². The molecule has 0 aliphatic heterocycles. The molecule has 0 spiro atoms. The molecule has 0 saturated heterocycles. The van der Waals surface area contributed by atoms with Crippen molar-refractivity contribution in [2.45, 2.75) is 30.8 Å². The Morgan fingerprint density at radius 3 is 2.54 bits per heavy atom. The summed E-state index contributed by atoms with van der Waals surface area (Å²) in [4.78, 5) is 15.2. The molecular formula is C23H27F3N8O4S. The van der Waals surface area contributed by atoms with Crippen LogP contribution in [-0.4, -0.2) is 72.7 Å². The number of benzene rings is 1. The van der Waals surface area contributed by atoms with E-state index in [0.29, 0.717) is 47.5 Å².